The molecule has 1 heterocycles. The summed E-state index contributed by atoms with van der Waals surface area (Å²) in [5.74, 6) is 0.684. The van der Waals surface area contributed by atoms with Gasteiger partial charge in [0, 0.05) is 4.47 Å². The summed E-state index contributed by atoms with van der Waals surface area (Å²) in [4.78, 5) is 11.2. The van der Waals surface area contributed by atoms with Gasteiger partial charge in [0.05, 0.1) is 17.3 Å². The van der Waals surface area contributed by atoms with Crippen LogP contribution in [0.15, 0.2) is 16.6 Å². The molecule has 1 aliphatic carbocycles. The van der Waals surface area contributed by atoms with Crippen molar-refractivity contribution in [1.82, 2.24) is 0 Å². The van der Waals surface area contributed by atoms with E-state index in [0.29, 0.717) is 17.9 Å². The van der Waals surface area contributed by atoms with Crippen molar-refractivity contribution in [2.45, 2.75) is 57.2 Å². The first-order chi connectivity index (χ1) is 10.1. The molecule has 1 spiro atoms. The maximum Gasteiger partial charge on any atom is 0.153 e. The Morgan fingerprint density at radius 2 is 2.14 bits per heavy atom. The molecule has 1 aromatic carbocycles. The summed E-state index contributed by atoms with van der Waals surface area (Å²) in [6.07, 6.45) is 8.18. The van der Waals surface area contributed by atoms with Gasteiger partial charge >= 0.3 is 0 Å². The third kappa shape index (κ3) is 3.16. The summed E-state index contributed by atoms with van der Waals surface area (Å²) in [7, 11) is 0. The Kier molecular flexibility index (Phi) is 4.36. The molecule has 2 aliphatic rings. The third-order valence-corrected chi connectivity index (χ3v) is 5.12. The lowest BCUT2D eigenvalue weighted by molar-refractivity contribution is -0.0509. The lowest BCUT2D eigenvalue weighted by Crippen LogP contribution is -2.27. The standard InChI is InChI=1S/C17H21BrO3/c1-12-8-14(18)9-13(10-19)16(12)20-11-15-4-7-17(21-15)5-2-3-6-17/h8-10,15H,2-7,11H2,1H3. The third-order valence-electron chi connectivity index (χ3n) is 4.66. The quantitative estimate of drug-likeness (QED) is 0.751. The lowest BCUT2D eigenvalue weighted by Gasteiger charge is -2.24. The minimum atomic E-state index is 0.135. The van der Waals surface area contributed by atoms with Gasteiger partial charge in [0.25, 0.3) is 0 Å². The van der Waals surface area contributed by atoms with Crippen LogP contribution in [-0.2, 0) is 4.74 Å². The molecule has 0 bridgehead atoms. The summed E-state index contributed by atoms with van der Waals surface area (Å²) >= 11 is 3.41. The van der Waals surface area contributed by atoms with Crippen molar-refractivity contribution in [2.75, 3.05) is 6.61 Å². The van der Waals surface area contributed by atoms with E-state index in [1.807, 2.05) is 13.0 Å². The second kappa shape index (κ2) is 6.09. The number of hydrogen-bond acceptors (Lipinski definition) is 3. The van der Waals surface area contributed by atoms with E-state index in [4.69, 9.17) is 9.47 Å². The Morgan fingerprint density at radius 3 is 2.86 bits per heavy atom. The van der Waals surface area contributed by atoms with E-state index in [1.54, 1.807) is 6.07 Å². The van der Waals surface area contributed by atoms with Gasteiger partial charge in [0.15, 0.2) is 6.29 Å². The monoisotopic (exact) mass is 352 g/mol. The number of benzene rings is 1. The normalized spacial score (nSPS) is 23.6. The molecule has 0 radical (unpaired) electrons. The largest absolute Gasteiger partial charge is 0.490 e. The van der Waals surface area contributed by atoms with Crippen molar-refractivity contribution < 1.29 is 14.3 Å². The van der Waals surface area contributed by atoms with Gasteiger partial charge in [0.2, 0.25) is 0 Å². The smallest absolute Gasteiger partial charge is 0.153 e. The number of hydrogen-bond donors (Lipinski definition) is 0. The molecule has 1 saturated heterocycles. The highest BCUT2D eigenvalue weighted by Crippen LogP contribution is 2.43. The fraction of sp³-hybridized carbons (Fsp3) is 0.588. The topological polar surface area (TPSA) is 35.5 Å². The van der Waals surface area contributed by atoms with Gasteiger partial charge in [-0.05, 0) is 50.3 Å². The van der Waals surface area contributed by atoms with Gasteiger partial charge in [-0.2, -0.15) is 0 Å². The van der Waals surface area contributed by atoms with Crippen LogP contribution in [0.3, 0.4) is 0 Å². The van der Waals surface area contributed by atoms with Crippen molar-refractivity contribution >= 4 is 22.2 Å². The fourth-order valence-electron chi connectivity index (χ4n) is 3.62. The highest BCUT2D eigenvalue weighted by Gasteiger charge is 2.42. The molecular formula is C17H21BrO3. The van der Waals surface area contributed by atoms with Crippen LogP contribution in [0, 0.1) is 6.92 Å². The first-order valence-corrected chi connectivity index (χ1v) is 8.47. The molecule has 0 amide bonds. The van der Waals surface area contributed by atoms with E-state index in [9.17, 15) is 4.79 Å². The number of halogens is 1. The van der Waals surface area contributed by atoms with Gasteiger partial charge in [-0.15, -0.1) is 0 Å². The van der Waals surface area contributed by atoms with Crippen LogP contribution in [0.25, 0.3) is 0 Å². The van der Waals surface area contributed by atoms with Gasteiger partial charge < -0.3 is 9.47 Å². The van der Waals surface area contributed by atoms with Crippen molar-refractivity contribution in [2.24, 2.45) is 0 Å². The predicted molar refractivity (Wildman–Crippen MR) is 85.1 cm³/mol. The summed E-state index contributed by atoms with van der Waals surface area (Å²) < 4.78 is 13.1. The lowest BCUT2D eigenvalue weighted by atomic mass is 9.98. The maximum absolute atomic E-state index is 11.2. The zero-order chi connectivity index (χ0) is 14.9. The minimum absolute atomic E-state index is 0.135. The van der Waals surface area contributed by atoms with Crippen LogP contribution in [0.2, 0.25) is 0 Å². The van der Waals surface area contributed by atoms with Crippen molar-refractivity contribution in [3.8, 4) is 5.75 Å². The molecule has 3 nitrogen and oxygen atoms in total. The fourth-order valence-corrected chi connectivity index (χ4v) is 4.21. The Labute approximate surface area is 134 Å². The first-order valence-electron chi connectivity index (χ1n) is 7.68. The molecule has 1 unspecified atom stereocenters. The van der Waals surface area contributed by atoms with Gasteiger partial charge in [-0.25, -0.2) is 0 Å². The molecule has 1 aliphatic heterocycles. The number of carbonyl (C=O) groups is 1. The summed E-state index contributed by atoms with van der Waals surface area (Å²) in [6.45, 7) is 2.49. The Morgan fingerprint density at radius 1 is 1.38 bits per heavy atom. The van der Waals surface area contributed by atoms with Crippen LogP contribution in [0.5, 0.6) is 5.75 Å². The zero-order valence-corrected chi connectivity index (χ0v) is 13.9. The number of carbonyl (C=O) groups excluding carboxylic acids is 1. The summed E-state index contributed by atoms with van der Waals surface area (Å²) in [6, 6.07) is 3.76. The minimum Gasteiger partial charge on any atom is -0.490 e. The highest BCUT2D eigenvalue weighted by atomic mass is 79.9. The van der Waals surface area contributed by atoms with Crippen molar-refractivity contribution in [3.05, 3.63) is 27.7 Å². The first kappa shape index (κ1) is 15.0. The van der Waals surface area contributed by atoms with E-state index in [1.165, 1.54) is 25.7 Å². The number of aldehydes is 1. The SMILES string of the molecule is Cc1cc(Br)cc(C=O)c1OCC1CCC2(CCCC2)O1. The van der Waals surface area contributed by atoms with Crippen LogP contribution in [0.1, 0.15) is 54.4 Å². The molecule has 0 N–H and O–H groups in total. The predicted octanol–water partition coefficient (Wildman–Crippen LogP) is 4.44. The van der Waals surface area contributed by atoms with Crippen molar-refractivity contribution in [3.63, 3.8) is 0 Å². The number of rotatable bonds is 4. The molecule has 0 aromatic heterocycles. The second-order valence-electron chi connectivity index (χ2n) is 6.24. The van der Waals surface area contributed by atoms with E-state index < -0.39 is 0 Å². The van der Waals surface area contributed by atoms with Crippen LogP contribution in [0.4, 0.5) is 0 Å². The van der Waals surface area contributed by atoms with E-state index >= 15 is 0 Å². The molecular weight excluding hydrogens is 332 g/mol. The molecule has 1 aromatic rings. The average molecular weight is 353 g/mol. The highest BCUT2D eigenvalue weighted by molar-refractivity contribution is 9.10. The average Bonchev–Trinajstić information content (AvgIpc) is 3.08. The van der Waals surface area contributed by atoms with Gasteiger partial charge in [0.1, 0.15) is 12.4 Å². The van der Waals surface area contributed by atoms with E-state index in [0.717, 1.165) is 29.2 Å². The van der Waals surface area contributed by atoms with E-state index in [-0.39, 0.29) is 11.7 Å². The van der Waals surface area contributed by atoms with Gasteiger partial charge in [-0.1, -0.05) is 28.8 Å². The van der Waals surface area contributed by atoms with Crippen molar-refractivity contribution in [1.29, 1.82) is 0 Å². The second-order valence-corrected chi connectivity index (χ2v) is 7.15. The summed E-state index contributed by atoms with van der Waals surface area (Å²) in [5, 5.41) is 0. The van der Waals surface area contributed by atoms with E-state index in [2.05, 4.69) is 15.9 Å². The molecule has 114 valence electrons. The van der Waals surface area contributed by atoms with Crippen LogP contribution >= 0.6 is 15.9 Å². The molecule has 3 rings (SSSR count). The molecule has 1 atom stereocenters. The van der Waals surface area contributed by atoms with Gasteiger partial charge in [-0.3, -0.25) is 4.79 Å². The molecule has 1 saturated carbocycles. The Bertz CT molecular complexity index is 535. The number of ether oxygens (including phenoxy) is 2. The maximum atomic E-state index is 11.2. The number of aryl methyl sites for hydroxylation is 1. The summed E-state index contributed by atoms with van der Waals surface area (Å²) in [5.41, 5.74) is 1.70. The molecule has 4 heteroatoms. The Hall–Kier alpha value is -0.870. The zero-order valence-electron chi connectivity index (χ0n) is 12.4. The molecule has 21 heavy (non-hydrogen) atoms. The van der Waals surface area contributed by atoms with Crippen LogP contribution in [-0.4, -0.2) is 24.6 Å². The molecule has 2 fully saturated rings. The Balaban J connectivity index is 1.65. The van der Waals surface area contributed by atoms with Crippen LogP contribution < -0.4 is 4.74 Å².